The number of hydrogen-bond acceptors (Lipinski definition) is 4. The molecule has 0 radical (unpaired) electrons. The first-order valence-corrected chi connectivity index (χ1v) is 10.7. The zero-order valence-corrected chi connectivity index (χ0v) is 16.4. The molecule has 128 valence electrons. The lowest BCUT2D eigenvalue weighted by molar-refractivity contribution is 0.0266. The first-order valence-electron chi connectivity index (χ1n) is 7.79. The highest BCUT2D eigenvalue weighted by Gasteiger charge is 2.36. The predicted molar refractivity (Wildman–Crippen MR) is 91.2 cm³/mol. The van der Waals surface area contributed by atoms with Gasteiger partial charge in [-0.15, -0.1) is 0 Å². The Hall–Kier alpha value is -1.06. The van der Waals surface area contributed by atoms with Gasteiger partial charge in [-0.05, 0) is 45.3 Å². The van der Waals surface area contributed by atoms with Crippen LogP contribution in [0.3, 0.4) is 0 Å². The second-order valence-electron chi connectivity index (χ2n) is 8.02. The highest BCUT2D eigenvalue weighted by molar-refractivity contribution is 6.74. The van der Waals surface area contributed by atoms with Gasteiger partial charge in [-0.25, -0.2) is 4.79 Å². The maximum Gasteiger partial charge on any atom is 0.411 e. The minimum atomic E-state index is -1.76. The van der Waals surface area contributed by atoms with E-state index >= 15 is 0 Å². The van der Waals surface area contributed by atoms with E-state index in [1.807, 2.05) is 26.8 Å². The van der Waals surface area contributed by atoms with E-state index in [4.69, 9.17) is 14.4 Å². The summed E-state index contributed by atoms with van der Waals surface area (Å²) in [7, 11) is -1.76. The average molecular weight is 329 g/mol. The molecule has 0 N–H and O–H groups in total. The normalized spacial score (nSPS) is 12.7. The van der Waals surface area contributed by atoms with Gasteiger partial charge in [0, 0.05) is 13.2 Å². The summed E-state index contributed by atoms with van der Waals surface area (Å²) in [5.74, 6) is 0. The van der Waals surface area contributed by atoms with Crippen LogP contribution in [0.15, 0.2) is 0 Å². The number of rotatable bonds is 6. The molecule has 0 aliphatic rings. The van der Waals surface area contributed by atoms with Gasteiger partial charge in [-0.3, -0.25) is 4.90 Å². The largest absolute Gasteiger partial charge is 0.444 e. The van der Waals surface area contributed by atoms with Crippen LogP contribution in [-0.2, 0) is 9.16 Å². The molecular formula is C16H32N2O3Si. The Morgan fingerprint density at radius 2 is 1.73 bits per heavy atom. The van der Waals surface area contributed by atoms with E-state index in [1.54, 1.807) is 0 Å². The first kappa shape index (κ1) is 20.9. The van der Waals surface area contributed by atoms with E-state index in [0.29, 0.717) is 19.6 Å². The Balaban J connectivity index is 4.39. The fourth-order valence-electron chi connectivity index (χ4n) is 1.45. The zero-order chi connectivity index (χ0) is 17.6. The Labute approximate surface area is 136 Å². The molecule has 0 saturated heterocycles. The smallest absolute Gasteiger partial charge is 0.411 e. The summed E-state index contributed by atoms with van der Waals surface area (Å²) in [6.45, 7) is 17.5. The second-order valence-corrected chi connectivity index (χ2v) is 12.8. The Kier molecular flexibility index (Phi) is 7.59. The van der Waals surface area contributed by atoms with Crippen LogP contribution in [0.25, 0.3) is 0 Å². The quantitative estimate of drug-likeness (QED) is 0.417. The van der Waals surface area contributed by atoms with E-state index in [9.17, 15) is 4.79 Å². The minimum absolute atomic E-state index is 0.0367. The molecule has 0 aromatic heterocycles. The Morgan fingerprint density at radius 3 is 2.14 bits per heavy atom. The summed E-state index contributed by atoms with van der Waals surface area (Å²) >= 11 is 0. The number of nitrogens with zero attached hydrogens (tertiary/aromatic N) is 2. The van der Waals surface area contributed by atoms with Crippen molar-refractivity contribution < 1.29 is 14.0 Å². The number of carbonyl (C=O) groups is 1. The lowest BCUT2D eigenvalue weighted by atomic mass is 10.2. The maximum atomic E-state index is 12.0. The van der Waals surface area contributed by atoms with Crippen LogP contribution in [0, 0.1) is 11.3 Å². The van der Waals surface area contributed by atoms with Gasteiger partial charge in [0.25, 0.3) is 0 Å². The molecule has 5 nitrogen and oxygen atoms in total. The topological polar surface area (TPSA) is 62.6 Å². The van der Waals surface area contributed by atoms with Crippen LogP contribution >= 0.6 is 0 Å². The van der Waals surface area contributed by atoms with Crippen molar-refractivity contribution in [3.63, 3.8) is 0 Å². The van der Waals surface area contributed by atoms with Crippen LogP contribution < -0.4 is 0 Å². The average Bonchev–Trinajstić information content (AvgIpc) is 2.29. The minimum Gasteiger partial charge on any atom is -0.444 e. The van der Waals surface area contributed by atoms with Gasteiger partial charge < -0.3 is 9.16 Å². The lowest BCUT2D eigenvalue weighted by Crippen LogP contribution is -2.42. The molecule has 1 amide bonds. The van der Waals surface area contributed by atoms with Gasteiger partial charge in [-0.2, -0.15) is 5.26 Å². The third-order valence-electron chi connectivity index (χ3n) is 3.75. The highest BCUT2D eigenvalue weighted by atomic mass is 28.4. The van der Waals surface area contributed by atoms with Gasteiger partial charge >= 0.3 is 6.09 Å². The fourth-order valence-corrected chi connectivity index (χ4v) is 2.53. The summed E-state index contributed by atoms with van der Waals surface area (Å²) in [6.07, 6.45) is 0.259. The van der Waals surface area contributed by atoms with E-state index in [2.05, 4.69) is 33.9 Å². The molecule has 0 aliphatic heterocycles. The number of hydrogen-bond donors (Lipinski definition) is 0. The lowest BCUT2D eigenvalue weighted by Gasteiger charge is -2.36. The van der Waals surface area contributed by atoms with E-state index in [0.717, 1.165) is 0 Å². The monoisotopic (exact) mass is 328 g/mol. The molecular weight excluding hydrogens is 296 g/mol. The molecule has 22 heavy (non-hydrogen) atoms. The van der Waals surface area contributed by atoms with E-state index in [1.165, 1.54) is 4.90 Å². The molecule has 0 heterocycles. The van der Waals surface area contributed by atoms with Gasteiger partial charge in [0.05, 0.1) is 6.07 Å². The van der Waals surface area contributed by atoms with Gasteiger partial charge in [0.15, 0.2) is 8.32 Å². The highest BCUT2D eigenvalue weighted by Crippen LogP contribution is 2.36. The van der Waals surface area contributed by atoms with Crippen LogP contribution in [0.4, 0.5) is 4.79 Å². The molecule has 0 spiro atoms. The number of amides is 1. The number of nitriles is 1. The third-order valence-corrected chi connectivity index (χ3v) is 8.29. The third kappa shape index (κ3) is 7.81. The maximum absolute atomic E-state index is 12.0. The SMILES string of the molecule is CC(C)(C)OC(=O)N(CC#N)CCCO[Si](C)(C)C(C)(C)C. The van der Waals surface area contributed by atoms with Crippen molar-refractivity contribution in [1.29, 1.82) is 5.26 Å². The molecule has 0 fully saturated rings. The van der Waals surface area contributed by atoms with Crippen molar-refractivity contribution in [2.75, 3.05) is 19.7 Å². The first-order chi connectivity index (χ1) is 9.80. The van der Waals surface area contributed by atoms with Crippen molar-refractivity contribution >= 4 is 14.4 Å². The number of ether oxygens (including phenoxy) is 1. The fraction of sp³-hybridized carbons (Fsp3) is 0.875. The molecule has 0 aromatic carbocycles. The van der Waals surface area contributed by atoms with Crippen molar-refractivity contribution in [3.8, 4) is 6.07 Å². The summed E-state index contributed by atoms with van der Waals surface area (Å²) in [4.78, 5) is 13.5. The summed E-state index contributed by atoms with van der Waals surface area (Å²) in [5, 5.41) is 9.02. The van der Waals surface area contributed by atoms with Crippen molar-refractivity contribution in [2.24, 2.45) is 0 Å². The van der Waals surface area contributed by atoms with Gasteiger partial charge in [0.1, 0.15) is 12.1 Å². The Morgan fingerprint density at radius 1 is 1.18 bits per heavy atom. The molecule has 0 bridgehead atoms. The molecule has 0 aliphatic carbocycles. The molecule has 0 aromatic rings. The van der Waals surface area contributed by atoms with Crippen LogP contribution in [0.2, 0.25) is 18.1 Å². The molecule has 0 unspecified atom stereocenters. The molecule has 0 rings (SSSR count). The van der Waals surface area contributed by atoms with Crippen molar-refractivity contribution in [2.45, 2.75) is 71.7 Å². The summed E-state index contributed by atoms with van der Waals surface area (Å²) < 4.78 is 11.4. The van der Waals surface area contributed by atoms with Crippen LogP contribution in [0.5, 0.6) is 0 Å². The predicted octanol–water partition coefficient (Wildman–Crippen LogP) is 4.16. The van der Waals surface area contributed by atoms with Crippen molar-refractivity contribution in [3.05, 3.63) is 0 Å². The standard InChI is InChI=1S/C16H32N2O3Si/c1-15(2,3)21-14(19)18(12-10-17)11-9-13-20-22(7,8)16(4,5)6/h9,11-13H2,1-8H3. The van der Waals surface area contributed by atoms with Crippen LogP contribution in [0.1, 0.15) is 48.0 Å². The summed E-state index contributed by atoms with van der Waals surface area (Å²) in [5.41, 5.74) is -0.553. The van der Waals surface area contributed by atoms with Crippen molar-refractivity contribution in [1.82, 2.24) is 4.90 Å². The second kappa shape index (κ2) is 7.98. The zero-order valence-electron chi connectivity index (χ0n) is 15.4. The van der Waals surface area contributed by atoms with Crippen LogP contribution in [-0.4, -0.2) is 44.6 Å². The summed E-state index contributed by atoms with van der Waals surface area (Å²) in [6, 6.07) is 2.01. The molecule has 6 heteroatoms. The number of carbonyl (C=O) groups excluding carboxylic acids is 1. The molecule has 0 saturated carbocycles. The van der Waals surface area contributed by atoms with Gasteiger partial charge in [0.2, 0.25) is 0 Å². The van der Waals surface area contributed by atoms with E-state index < -0.39 is 20.0 Å². The van der Waals surface area contributed by atoms with E-state index in [-0.39, 0.29) is 11.6 Å². The van der Waals surface area contributed by atoms with Gasteiger partial charge in [-0.1, -0.05) is 20.8 Å². The Bertz CT molecular complexity index is 403. The molecule has 0 atom stereocenters.